The van der Waals surface area contributed by atoms with E-state index in [1.165, 1.54) is 11.3 Å². The average molecular weight is 432 g/mol. The van der Waals surface area contributed by atoms with Gasteiger partial charge in [-0.1, -0.05) is 42.5 Å². The van der Waals surface area contributed by atoms with Crippen LogP contribution in [-0.4, -0.2) is 41.3 Å². The Balaban J connectivity index is 1.33. The number of hydrogen-bond donors (Lipinski definition) is 1. The standard InChI is InChI=1S/C23H27Cl2N3O/c1-22(17-23(22,24)25)21(29)26-15-18-7-5-6-8-19(18)16-27-11-13-28(14-12-27)20-9-3-2-4-10-20/h2-10H,11-17H2,1H3,(H,26,29). The van der Waals surface area contributed by atoms with Gasteiger partial charge in [-0.05, 0) is 36.6 Å². The first-order valence-electron chi connectivity index (χ1n) is 10.1. The lowest BCUT2D eigenvalue weighted by Gasteiger charge is -2.36. The van der Waals surface area contributed by atoms with Crippen molar-refractivity contribution < 1.29 is 4.79 Å². The summed E-state index contributed by atoms with van der Waals surface area (Å²) < 4.78 is -0.935. The van der Waals surface area contributed by atoms with Gasteiger partial charge in [0, 0.05) is 45.0 Å². The fourth-order valence-corrected chi connectivity index (χ4v) is 4.65. The van der Waals surface area contributed by atoms with Crippen LogP contribution in [0.1, 0.15) is 24.5 Å². The van der Waals surface area contributed by atoms with Gasteiger partial charge in [0.15, 0.2) is 0 Å². The predicted molar refractivity (Wildman–Crippen MR) is 119 cm³/mol. The number of nitrogens with one attached hydrogen (secondary N) is 1. The van der Waals surface area contributed by atoms with Crippen molar-refractivity contribution in [3.8, 4) is 0 Å². The van der Waals surface area contributed by atoms with Crippen LogP contribution in [0.25, 0.3) is 0 Å². The van der Waals surface area contributed by atoms with Crippen LogP contribution in [0.3, 0.4) is 0 Å². The highest BCUT2D eigenvalue weighted by atomic mass is 35.5. The van der Waals surface area contributed by atoms with Crippen LogP contribution in [0.4, 0.5) is 5.69 Å². The molecular formula is C23H27Cl2N3O. The van der Waals surface area contributed by atoms with Crippen molar-refractivity contribution in [3.63, 3.8) is 0 Å². The second kappa shape index (κ2) is 8.17. The van der Waals surface area contributed by atoms with Crippen molar-refractivity contribution in [1.82, 2.24) is 10.2 Å². The molecule has 0 bridgehead atoms. The molecule has 2 aliphatic rings. The summed E-state index contributed by atoms with van der Waals surface area (Å²) in [6.07, 6.45) is 0.502. The summed E-state index contributed by atoms with van der Waals surface area (Å²) in [7, 11) is 0. The van der Waals surface area contributed by atoms with Crippen LogP contribution in [0, 0.1) is 5.41 Å². The number of benzene rings is 2. The summed E-state index contributed by atoms with van der Waals surface area (Å²) in [6, 6.07) is 18.9. The molecule has 1 heterocycles. The minimum atomic E-state index is -0.935. The number of carbonyl (C=O) groups excluding carboxylic acids is 1. The highest BCUT2D eigenvalue weighted by Crippen LogP contribution is 2.63. The fraction of sp³-hybridized carbons (Fsp3) is 0.435. The molecule has 1 saturated heterocycles. The van der Waals surface area contributed by atoms with E-state index < -0.39 is 9.75 Å². The molecule has 4 nitrogen and oxygen atoms in total. The van der Waals surface area contributed by atoms with E-state index in [0.717, 1.165) is 38.3 Å². The van der Waals surface area contributed by atoms with Gasteiger partial charge in [0.2, 0.25) is 5.91 Å². The van der Waals surface area contributed by atoms with Gasteiger partial charge in [0.1, 0.15) is 4.33 Å². The number of amides is 1. The number of piperazine rings is 1. The van der Waals surface area contributed by atoms with Crippen LogP contribution in [0.5, 0.6) is 0 Å². The van der Waals surface area contributed by atoms with E-state index >= 15 is 0 Å². The molecule has 6 heteroatoms. The zero-order valence-electron chi connectivity index (χ0n) is 16.7. The Hall–Kier alpha value is -1.75. The Morgan fingerprint density at radius 2 is 1.55 bits per heavy atom. The molecule has 0 aromatic heterocycles. The highest BCUT2D eigenvalue weighted by Gasteiger charge is 2.67. The number of anilines is 1. The van der Waals surface area contributed by atoms with E-state index in [4.69, 9.17) is 23.2 Å². The second-order valence-electron chi connectivity index (χ2n) is 8.26. The number of alkyl halides is 2. The third kappa shape index (κ3) is 4.40. The van der Waals surface area contributed by atoms with E-state index in [1.807, 2.05) is 13.0 Å². The molecule has 2 aromatic carbocycles. The van der Waals surface area contributed by atoms with E-state index in [9.17, 15) is 4.79 Å². The Bertz CT molecular complexity index is 865. The lowest BCUT2D eigenvalue weighted by atomic mass is 10.1. The number of halogens is 2. The SMILES string of the molecule is CC1(C(=O)NCc2ccccc2CN2CCN(c3ccccc3)CC2)CC1(Cl)Cl. The molecule has 1 unspecified atom stereocenters. The molecule has 1 N–H and O–H groups in total. The predicted octanol–water partition coefficient (Wildman–Crippen LogP) is 4.21. The Labute approximate surface area is 182 Å². The molecule has 4 rings (SSSR count). The quantitative estimate of drug-likeness (QED) is 0.695. The summed E-state index contributed by atoms with van der Waals surface area (Å²) in [4.78, 5) is 17.4. The summed E-state index contributed by atoms with van der Waals surface area (Å²) in [5.41, 5.74) is 3.01. The van der Waals surface area contributed by atoms with E-state index in [1.54, 1.807) is 0 Å². The van der Waals surface area contributed by atoms with Gasteiger partial charge in [0.05, 0.1) is 5.41 Å². The minimum absolute atomic E-state index is 0.0752. The maximum atomic E-state index is 12.5. The summed E-state index contributed by atoms with van der Waals surface area (Å²) in [6.45, 7) is 7.30. The molecule has 29 heavy (non-hydrogen) atoms. The van der Waals surface area contributed by atoms with Crippen molar-refractivity contribution in [2.75, 3.05) is 31.1 Å². The summed E-state index contributed by atoms with van der Waals surface area (Å²) >= 11 is 12.3. The molecule has 2 fully saturated rings. The number of rotatable bonds is 6. The van der Waals surface area contributed by atoms with Crippen LogP contribution in [0.2, 0.25) is 0 Å². The zero-order chi connectivity index (χ0) is 20.5. The van der Waals surface area contributed by atoms with Crippen molar-refractivity contribution in [2.24, 2.45) is 5.41 Å². The van der Waals surface area contributed by atoms with Crippen molar-refractivity contribution in [3.05, 3.63) is 65.7 Å². The van der Waals surface area contributed by atoms with Crippen LogP contribution >= 0.6 is 23.2 Å². The molecular weight excluding hydrogens is 405 g/mol. The monoisotopic (exact) mass is 431 g/mol. The van der Waals surface area contributed by atoms with Gasteiger partial charge in [-0.2, -0.15) is 0 Å². The summed E-state index contributed by atoms with van der Waals surface area (Å²) in [5, 5.41) is 3.03. The Morgan fingerprint density at radius 1 is 0.966 bits per heavy atom. The largest absolute Gasteiger partial charge is 0.369 e. The normalized spacial score (nSPS) is 23.6. The average Bonchev–Trinajstić information content (AvgIpc) is 3.27. The molecule has 1 atom stereocenters. The highest BCUT2D eigenvalue weighted by molar-refractivity contribution is 6.53. The van der Waals surface area contributed by atoms with Crippen molar-refractivity contribution in [2.45, 2.75) is 30.8 Å². The third-order valence-corrected chi connectivity index (χ3v) is 7.31. The first kappa shape index (κ1) is 20.5. The lowest BCUT2D eigenvalue weighted by molar-refractivity contribution is -0.125. The molecule has 0 spiro atoms. The van der Waals surface area contributed by atoms with E-state index in [-0.39, 0.29) is 5.91 Å². The number of hydrogen-bond acceptors (Lipinski definition) is 3. The summed E-state index contributed by atoms with van der Waals surface area (Å²) in [5.74, 6) is -0.0752. The van der Waals surface area contributed by atoms with E-state index in [0.29, 0.717) is 13.0 Å². The van der Waals surface area contributed by atoms with Gasteiger partial charge in [-0.15, -0.1) is 23.2 Å². The molecule has 1 amide bonds. The minimum Gasteiger partial charge on any atom is -0.369 e. The topological polar surface area (TPSA) is 35.6 Å². The van der Waals surface area contributed by atoms with Crippen LogP contribution in [0.15, 0.2) is 54.6 Å². The number of nitrogens with zero attached hydrogens (tertiary/aromatic N) is 2. The fourth-order valence-electron chi connectivity index (χ4n) is 3.94. The smallest absolute Gasteiger partial charge is 0.229 e. The molecule has 1 aliphatic carbocycles. The van der Waals surface area contributed by atoms with Crippen molar-refractivity contribution >= 4 is 34.8 Å². The molecule has 1 saturated carbocycles. The van der Waals surface area contributed by atoms with Gasteiger partial charge >= 0.3 is 0 Å². The van der Waals surface area contributed by atoms with E-state index in [2.05, 4.69) is 63.6 Å². The van der Waals surface area contributed by atoms with Crippen LogP contribution < -0.4 is 10.2 Å². The molecule has 1 aliphatic heterocycles. The Kier molecular flexibility index (Phi) is 5.78. The number of carbonyl (C=O) groups is 1. The molecule has 2 aromatic rings. The lowest BCUT2D eigenvalue weighted by Crippen LogP contribution is -2.46. The van der Waals surface area contributed by atoms with Crippen LogP contribution in [-0.2, 0) is 17.9 Å². The maximum Gasteiger partial charge on any atom is 0.229 e. The van der Waals surface area contributed by atoms with Gasteiger partial charge in [-0.25, -0.2) is 0 Å². The first-order valence-corrected chi connectivity index (χ1v) is 10.9. The van der Waals surface area contributed by atoms with Gasteiger partial charge in [0.25, 0.3) is 0 Å². The van der Waals surface area contributed by atoms with Crippen molar-refractivity contribution in [1.29, 1.82) is 0 Å². The number of para-hydroxylation sites is 1. The molecule has 0 radical (unpaired) electrons. The Morgan fingerprint density at radius 3 is 2.17 bits per heavy atom. The third-order valence-electron chi connectivity index (χ3n) is 6.20. The molecule has 154 valence electrons. The zero-order valence-corrected chi connectivity index (χ0v) is 18.2. The first-order chi connectivity index (χ1) is 13.9. The van der Waals surface area contributed by atoms with Gasteiger partial charge in [-0.3, -0.25) is 9.69 Å². The van der Waals surface area contributed by atoms with Gasteiger partial charge < -0.3 is 10.2 Å². The second-order valence-corrected chi connectivity index (χ2v) is 9.75. The maximum absolute atomic E-state index is 12.5.